The zero-order chi connectivity index (χ0) is 18.4. The Morgan fingerprint density at radius 2 is 1.68 bits per heavy atom. The molecular weight excluding hydrogens is 377 g/mol. The van der Waals surface area contributed by atoms with Gasteiger partial charge in [0.25, 0.3) is 0 Å². The lowest BCUT2D eigenvalue weighted by Crippen LogP contribution is -2.14. The second-order valence-corrected chi connectivity index (χ2v) is 12.0. The monoisotopic (exact) mass is 399 g/mol. The SMILES string of the molecule is CS(C)(C)CCOC(=O)Cc1ccccc1Nc1c(Cl)cccc1Cl. The normalized spacial score (nSPS) is 11.9. The minimum Gasteiger partial charge on any atom is -0.465 e. The molecule has 2 aromatic rings. The van der Waals surface area contributed by atoms with E-state index in [0.29, 0.717) is 22.3 Å². The Balaban J connectivity index is 2.07. The molecule has 0 radical (unpaired) electrons. The number of hydrogen-bond donors (Lipinski definition) is 1. The van der Waals surface area contributed by atoms with E-state index < -0.39 is 10.0 Å². The van der Waals surface area contributed by atoms with Crippen molar-refractivity contribution in [3.8, 4) is 0 Å². The number of nitrogens with one attached hydrogen (secondary N) is 1. The van der Waals surface area contributed by atoms with Crippen LogP contribution in [-0.4, -0.2) is 37.1 Å². The van der Waals surface area contributed by atoms with Crippen LogP contribution in [0.15, 0.2) is 42.5 Å². The van der Waals surface area contributed by atoms with Gasteiger partial charge in [-0.1, -0.05) is 47.5 Å². The molecule has 0 fully saturated rings. The van der Waals surface area contributed by atoms with E-state index in [0.717, 1.165) is 17.0 Å². The maximum atomic E-state index is 12.1. The first kappa shape index (κ1) is 20.0. The van der Waals surface area contributed by atoms with E-state index in [1.807, 2.05) is 24.3 Å². The smallest absolute Gasteiger partial charge is 0.310 e. The Labute approximate surface area is 161 Å². The van der Waals surface area contributed by atoms with Gasteiger partial charge < -0.3 is 10.1 Å². The third kappa shape index (κ3) is 6.46. The molecule has 6 heteroatoms. The summed E-state index contributed by atoms with van der Waals surface area (Å²) in [7, 11) is -0.670. The van der Waals surface area contributed by atoms with E-state index in [1.165, 1.54) is 0 Å². The predicted octanol–water partition coefficient (Wildman–Crippen LogP) is 5.52. The van der Waals surface area contributed by atoms with Crippen molar-refractivity contribution in [2.24, 2.45) is 0 Å². The molecule has 0 aliphatic heterocycles. The van der Waals surface area contributed by atoms with Crippen molar-refractivity contribution in [2.75, 3.05) is 36.4 Å². The van der Waals surface area contributed by atoms with Crippen molar-refractivity contribution in [1.82, 2.24) is 0 Å². The molecule has 0 spiro atoms. The lowest BCUT2D eigenvalue weighted by molar-refractivity contribution is -0.142. The lowest BCUT2D eigenvalue weighted by atomic mass is 10.1. The molecule has 2 rings (SSSR count). The molecule has 25 heavy (non-hydrogen) atoms. The number of esters is 1. The van der Waals surface area contributed by atoms with Gasteiger partial charge in [0.2, 0.25) is 0 Å². The number of benzene rings is 2. The van der Waals surface area contributed by atoms with Gasteiger partial charge in [0.1, 0.15) is 0 Å². The van der Waals surface area contributed by atoms with Crippen molar-refractivity contribution in [2.45, 2.75) is 6.42 Å². The van der Waals surface area contributed by atoms with Crippen LogP contribution in [-0.2, 0) is 16.0 Å². The highest BCUT2D eigenvalue weighted by Gasteiger charge is 2.13. The zero-order valence-electron chi connectivity index (χ0n) is 14.6. The summed E-state index contributed by atoms with van der Waals surface area (Å²) in [5.41, 5.74) is 2.26. The quantitative estimate of drug-likeness (QED) is 0.623. The van der Waals surface area contributed by atoms with Crippen molar-refractivity contribution >= 4 is 50.6 Å². The third-order valence-electron chi connectivity index (χ3n) is 3.53. The summed E-state index contributed by atoms with van der Waals surface area (Å²) in [5, 5.41) is 4.28. The summed E-state index contributed by atoms with van der Waals surface area (Å²) in [5.74, 6) is 0.677. The Kier molecular flexibility index (Phi) is 7.05. The second-order valence-electron chi connectivity index (χ2n) is 6.57. The average molecular weight is 400 g/mol. The Hall–Kier alpha value is -1.36. The van der Waals surface area contributed by atoms with Crippen LogP contribution >= 0.6 is 33.2 Å². The number of rotatable bonds is 7. The number of ether oxygens (including phenoxy) is 1. The molecule has 0 atom stereocenters. The molecule has 3 nitrogen and oxygen atoms in total. The van der Waals surface area contributed by atoms with E-state index in [9.17, 15) is 4.79 Å². The van der Waals surface area contributed by atoms with Crippen LogP contribution in [0.5, 0.6) is 0 Å². The summed E-state index contributed by atoms with van der Waals surface area (Å²) in [6.45, 7) is 0.462. The van der Waals surface area contributed by atoms with E-state index in [2.05, 4.69) is 24.1 Å². The van der Waals surface area contributed by atoms with Crippen molar-refractivity contribution in [3.63, 3.8) is 0 Å². The van der Waals surface area contributed by atoms with Crippen molar-refractivity contribution < 1.29 is 9.53 Å². The fourth-order valence-electron chi connectivity index (χ4n) is 2.16. The maximum absolute atomic E-state index is 12.1. The van der Waals surface area contributed by atoms with Gasteiger partial charge in [-0.25, -0.2) is 10.0 Å². The number of anilines is 2. The van der Waals surface area contributed by atoms with Crippen molar-refractivity contribution in [3.05, 3.63) is 58.1 Å². The van der Waals surface area contributed by atoms with Gasteiger partial charge in [0.05, 0.1) is 28.8 Å². The van der Waals surface area contributed by atoms with E-state index in [1.54, 1.807) is 18.2 Å². The van der Waals surface area contributed by atoms with Gasteiger partial charge in [0, 0.05) is 11.4 Å². The lowest BCUT2D eigenvalue weighted by Gasteiger charge is -2.24. The Morgan fingerprint density at radius 1 is 1.04 bits per heavy atom. The van der Waals surface area contributed by atoms with Crippen LogP contribution in [0.2, 0.25) is 10.0 Å². The first-order chi connectivity index (χ1) is 11.8. The zero-order valence-corrected chi connectivity index (χ0v) is 17.0. The number of carbonyl (C=O) groups is 1. The molecule has 0 amide bonds. The summed E-state index contributed by atoms with van der Waals surface area (Å²) >= 11 is 12.4. The molecule has 0 saturated heterocycles. The summed E-state index contributed by atoms with van der Waals surface area (Å²) in [6, 6.07) is 12.9. The third-order valence-corrected chi connectivity index (χ3v) is 5.55. The fraction of sp³-hybridized carbons (Fsp3) is 0.316. The molecule has 0 aliphatic rings. The minimum atomic E-state index is -0.670. The first-order valence-electron chi connectivity index (χ1n) is 7.87. The first-order valence-corrected chi connectivity index (χ1v) is 11.6. The van der Waals surface area contributed by atoms with Gasteiger partial charge in [-0.15, -0.1) is 0 Å². The predicted molar refractivity (Wildman–Crippen MR) is 111 cm³/mol. The number of para-hydroxylation sites is 2. The Bertz CT molecular complexity index is 724. The maximum Gasteiger partial charge on any atom is 0.310 e. The molecule has 1 N–H and O–H groups in total. The highest BCUT2D eigenvalue weighted by atomic mass is 35.5. The largest absolute Gasteiger partial charge is 0.465 e. The van der Waals surface area contributed by atoms with Crippen LogP contribution in [0.1, 0.15) is 5.56 Å². The standard InChI is InChI=1S/C19H23Cl2NO2S/c1-25(2,3)12-11-24-18(23)13-14-7-4-5-10-17(14)22-19-15(20)8-6-9-16(19)21/h4-10,22H,11-13H2,1-3H3. The van der Waals surface area contributed by atoms with Gasteiger partial charge in [-0.05, 0) is 42.5 Å². The minimum absolute atomic E-state index is 0.199. The molecular formula is C19H23Cl2NO2S. The van der Waals surface area contributed by atoms with E-state index >= 15 is 0 Å². The van der Waals surface area contributed by atoms with Gasteiger partial charge in [0.15, 0.2) is 0 Å². The molecule has 0 bridgehead atoms. The number of hydrogen-bond acceptors (Lipinski definition) is 3. The average Bonchev–Trinajstić information content (AvgIpc) is 2.51. The summed E-state index contributed by atoms with van der Waals surface area (Å²) < 4.78 is 5.38. The van der Waals surface area contributed by atoms with Gasteiger partial charge >= 0.3 is 5.97 Å². The van der Waals surface area contributed by atoms with E-state index in [4.69, 9.17) is 27.9 Å². The molecule has 0 aromatic heterocycles. The van der Waals surface area contributed by atoms with Crippen LogP contribution in [0.4, 0.5) is 11.4 Å². The van der Waals surface area contributed by atoms with Crippen LogP contribution in [0, 0.1) is 0 Å². The molecule has 0 heterocycles. The van der Waals surface area contributed by atoms with Crippen LogP contribution in [0.3, 0.4) is 0 Å². The molecule has 2 aromatic carbocycles. The highest BCUT2D eigenvalue weighted by molar-refractivity contribution is 8.32. The van der Waals surface area contributed by atoms with Crippen LogP contribution < -0.4 is 5.32 Å². The fourth-order valence-corrected chi connectivity index (χ4v) is 3.24. The summed E-state index contributed by atoms with van der Waals surface area (Å²) in [4.78, 5) is 12.1. The van der Waals surface area contributed by atoms with Gasteiger partial charge in [-0.3, -0.25) is 4.79 Å². The summed E-state index contributed by atoms with van der Waals surface area (Å²) in [6.07, 6.45) is 6.80. The molecule has 136 valence electrons. The topological polar surface area (TPSA) is 38.3 Å². The molecule has 0 saturated carbocycles. The van der Waals surface area contributed by atoms with Crippen LogP contribution in [0.25, 0.3) is 0 Å². The number of halogens is 2. The Morgan fingerprint density at radius 3 is 2.32 bits per heavy atom. The van der Waals surface area contributed by atoms with Gasteiger partial charge in [-0.2, -0.15) is 0 Å². The highest BCUT2D eigenvalue weighted by Crippen LogP contribution is 2.34. The second kappa shape index (κ2) is 8.84. The number of carbonyl (C=O) groups excluding carboxylic acids is 1. The van der Waals surface area contributed by atoms with Crippen molar-refractivity contribution in [1.29, 1.82) is 0 Å². The molecule has 0 unspecified atom stereocenters. The van der Waals surface area contributed by atoms with E-state index in [-0.39, 0.29) is 12.4 Å². The molecule has 0 aliphatic carbocycles.